The SMILES string of the molecule is CC(C)NCc1ccc(Sc2ccc(F)cc2)cc1Br. The molecule has 0 saturated heterocycles. The van der Waals surface area contributed by atoms with Crippen LogP contribution < -0.4 is 5.32 Å². The summed E-state index contributed by atoms with van der Waals surface area (Å²) < 4.78 is 14.0. The summed E-state index contributed by atoms with van der Waals surface area (Å²) in [6.45, 7) is 5.11. The molecule has 0 unspecified atom stereocenters. The van der Waals surface area contributed by atoms with Gasteiger partial charge in [0.2, 0.25) is 0 Å². The van der Waals surface area contributed by atoms with E-state index < -0.39 is 0 Å². The van der Waals surface area contributed by atoms with Crippen molar-refractivity contribution in [2.45, 2.75) is 36.2 Å². The van der Waals surface area contributed by atoms with E-state index in [9.17, 15) is 4.39 Å². The summed E-state index contributed by atoms with van der Waals surface area (Å²) in [4.78, 5) is 2.17. The van der Waals surface area contributed by atoms with E-state index in [-0.39, 0.29) is 5.82 Å². The van der Waals surface area contributed by atoms with Crippen molar-refractivity contribution >= 4 is 27.7 Å². The summed E-state index contributed by atoms with van der Waals surface area (Å²) in [6.07, 6.45) is 0. The first-order chi connectivity index (χ1) is 9.54. The summed E-state index contributed by atoms with van der Waals surface area (Å²) in [7, 11) is 0. The van der Waals surface area contributed by atoms with Crippen LogP contribution in [0.25, 0.3) is 0 Å². The minimum atomic E-state index is -0.203. The highest BCUT2D eigenvalue weighted by Crippen LogP contribution is 2.31. The van der Waals surface area contributed by atoms with Gasteiger partial charge in [0.15, 0.2) is 0 Å². The summed E-state index contributed by atoms with van der Waals surface area (Å²) in [5, 5.41) is 3.40. The lowest BCUT2D eigenvalue weighted by molar-refractivity contribution is 0.587. The van der Waals surface area contributed by atoms with Gasteiger partial charge in [-0.2, -0.15) is 0 Å². The van der Waals surface area contributed by atoms with E-state index in [4.69, 9.17) is 0 Å². The third-order valence-electron chi connectivity index (χ3n) is 2.77. The lowest BCUT2D eigenvalue weighted by atomic mass is 10.2. The number of benzene rings is 2. The largest absolute Gasteiger partial charge is 0.310 e. The lowest BCUT2D eigenvalue weighted by Gasteiger charge is -2.11. The highest BCUT2D eigenvalue weighted by atomic mass is 79.9. The normalized spacial score (nSPS) is 11.1. The van der Waals surface area contributed by atoms with Gasteiger partial charge in [-0.05, 0) is 42.0 Å². The minimum absolute atomic E-state index is 0.203. The molecule has 2 rings (SSSR count). The van der Waals surface area contributed by atoms with E-state index in [1.54, 1.807) is 23.9 Å². The quantitative estimate of drug-likeness (QED) is 0.788. The Balaban J connectivity index is 2.06. The summed E-state index contributed by atoms with van der Waals surface area (Å²) >= 11 is 5.24. The molecule has 2 aromatic carbocycles. The molecule has 0 aromatic heterocycles. The predicted octanol–water partition coefficient (Wildman–Crippen LogP) is 5.24. The smallest absolute Gasteiger partial charge is 0.123 e. The van der Waals surface area contributed by atoms with Crippen LogP contribution in [0.5, 0.6) is 0 Å². The van der Waals surface area contributed by atoms with Crippen LogP contribution in [-0.2, 0) is 6.54 Å². The minimum Gasteiger partial charge on any atom is -0.310 e. The van der Waals surface area contributed by atoms with E-state index in [1.165, 1.54) is 17.7 Å². The molecule has 0 saturated carbocycles. The lowest BCUT2D eigenvalue weighted by Crippen LogP contribution is -2.21. The Hall–Kier alpha value is -0.840. The first-order valence-electron chi connectivity index (χ1n) is 6.50. The van der Waals surface area contributed by atoms with Crippen LogP contribution in [-0.4, -0.2) is 6.04 Å². The van der Waals surface area contributed by atoms with Crippen molar-refractivity contribution in [3.63, 3.8) is 0 Å². The maximum absolute atomic E-state index is 12.9. The molecule has 0 atom stereocenters. The van der Waals surface area contributed by atoms with Crippen molar-refractivity contribution in [2.24, 2.45) is 0 Å². The molecular weight excluding hydrogens is 337 g/mol. The Morgan fingerprint density at radius 2 is 1.75 bits per heavy atom. The zero-order valence-electron chi connectivity index (χ0n) is 11.5. The van der Waals surface area contributed by atoms with Crippen molar-refractivity contribution in [3.05, 3.63) is 58.3 Å². The maximum Gasteiger partial charge on any atom is 0.123 e. The van der Waals surface area contributed by atoms with Crippen LogP contribution in [0, 0.1) is 5.82 Å². The van der Waals surface area contributed by atoms with Crippen LogP contribution in [0.4, 0.5) is 4.39 Å². The monoisotopic (exact) mass is 353 g/mol. The van der Waals surface area contributed by atoms with Gasteiger partial charge in [-0.15, -0.1) is 0 Å². The molecule has 4 heteroatoms. The number of nitrogens with one attached hydrogen (secondary N) is 1. The van der Waals surface area contributed by atoms with E-state index in [1.807, 2.05) is 0 Å². The molecule has 20 heavy (non-hydrogen) atoms. The van der Waals surface area contributed by atoms with Crippen molar-refractivity contribution in [1.82, 2.24) is 5.32 Å². The molecule has 1 N–H and O–H groups in total. The molecule has 2 aromatic rings. The Kier molecular flexibility index (Phi) is 5.64. The predicted molar refractivity (Wildman–Crippen MR) is 86.6 cm³/mol. The Morgan fingerprint density at radius 3 is 2.35 bits per heavy atom. The van der Waals surface area contributed by atoms with Crippen LogP contribution in [0.3, 0.4) is 0 Å². The van der Waals surface area contributed by atoms with Crippen molar-refractivity contribution in [2.75, 3.05) is 0 Å². The first-order valence-corrected chi connectivity index (χ1v) is 8.11. The van der Waals surface area contributed by atoms with E-state index >= 15 is 0 Å². The highest BCUT2D eigenvalue weighted by molar-refractivity contribution is 9.10. The van der Waals surface area contributed by atoms with Gasteiger partial charge in [-0.1, -0.05) is 47.6 Å². The van der Waals surface area contributed by atoms with Crippen LogP contribution in [0.1, 0.15) is 19.4 Å². The molecule has 0 aliphatic heterocycles. The number of rotatable bonds is 5. The van der Waals surface area contributed by atoms with Gasteiger partial charge < -0.3 is 5.32 Å². The number of halogens is 2. The average Bonchev–Trinajstić information content (AvgIpc) is 2.40. The first kappa shape index (κ1) is 15.5. The fourth-order valence-electron chi connectivity index (χ4n) is 1.69. The molecule has 0 fully saturated rings. The molecule has 0 spiro atoms. The number of hydrogen-bond acceptors (Lipinski definition) is 2. The average molecular weight is 354 g/mol. The summed E-state index contributed by atoms with van der Waals surface area (Å²) in [6, 6.07) is 13.3. The Bertz CT molecular complexity index is 569. The third-order valence-corrected chi connectivity index (χ3v) is 4.51. The fraction of sp³-hybridized carbons (Fsp3) is 0.250. The van der Waals surface area contributed by atoms with Gasteiger partial charge in [0.1, 0.15) is 5.82 Å². The van der Waals surface area contributed by atoms with Crippen molar-refractivity contribution in [1.29, 1.82) is 0 Å². The zero-order valence-corrected chi connectivity index (χ0v) is 13.9. The molecule has 1 nitrogen and oxygen atoms in total. The third kappa shape index (κ3) is 4.62. The Labute approximate surface area is 132 Å². The van der Waals surface area contributed by atoms with E-state index in [0.29, 0.717) is 6.04 Å². The molecule has 0 aliphatic carbocycles. The summed E-state index contributed by atoms with van der Waals surface area (Å²) in [5.41, 5.74) is 1.24. The second-order valence-corrected chi connectivity index (χ2v) is 6.85. The molecule has 0 aliphatic rings. The van der Waals surface area contributed by atoms with Gasteiger partial charge in [0.05, 0.1) is 0 Å². The van der Waals surface area contributed by atoms with Gasteiger partial charge in [-0.3, -0.25) is 0 Å². The van der Waals surface area contributed by atoms with E-state index in [0.717, 1.165) is 20.8 Å². The standard InChI is InChI=1S/C16H17BrFNS/c1-11(2)19-10-12-3-6-15(9-16(12)17)20-14-7-4-13(18)5-8-14/h3-9,11,19H,10H2,1-2H3. The van der Waals surface area contributed by atoms with Gasteiger partial charge in [0.25, 0.3) is 0 Å². The molecule has 0 heterocycles. The van der Waals surface area contributed by atoms with Gasteiger partial charge in [-0.25, -0.2) is 4.39 Å². The molecule has 0 radical (unpaired) electrons. The highest BCUT2D eigenvalue weighted by Gasteiger charge is 2.04. The van der Waals surface area contributed by atoms with Crippen LogP contribution >= 0.6 is 27.7 Å². The maximum atomic E-state index is 12.9. The zero-order chi connectivity index (χ0) is 14.5. The van der Waals surface area contributed by atoms with Gasteiger partial charge >= 0.3 is 0 Å². The fourth-order valence-corrected chi connectivity index (χ4v) is 3.22. The molecule has 0 bridgehead atoms. The van der Waals surface area contributed by atoms with Gasteiger partial charge in [0, 0.05) is 26.9 Å². The Morgan fingerprint density at radius 1 is 1.10 bits per heavy atom. The molecule has 106 valence electrons. The van der Waals surface area contributed by atoms with Crippen molar-refractivity contribution < 1.29 is 4.39 Å². The topological polar surface area (TPSA) is 12.0 Å². The molecule has 0 amide bonds. The summed E-state index contributed by atoms with van der Waals surface area (Å²) in [5.74, 6) is -0.203. The molecular formula is C16H17BrFNS. The van der Waals surface area contributed by atoms with Crippen LogP contribution in [0.15, 0.2) is 56.7 Å². The second kappa shape index (κ2) is 7.25. The second-order valence-electron chi connectivity index (χ2n) is 4.84. The van der Waals surface area contributed by atoms with Crippen molar-refractivity contribution in [3.8, 4) is 0 Å². The number of hydrogen-bond donors (Lipinski definition) is 1. The van der Waals surface area contributed by atoms with E-state index in [2.05, 4.69) is 53.3 Å². The van der Waals surface area contributed by atoms with Crippen LogP contribution in [0.2, 0.25) is 0 Å².